The molecule has 28 heavy (non-hydrogen) atoms. The van der Waals surface area contributed by atoms with Crippen LogP contribution in [0.25, 0.3) is 16.2 Å². The number of imidazole rings is 1. The molecule has 0 spiro atoms. The summed E-state index contributed by atoms with van der Waals surface area (Å²) in [6, 6.07) is 8.21. The fourth-order valence-electron chi connectivity index (χ4n) is 3.54. The molecule has 7 heteroatoms. The number of nitrogens with zero attached hydrogens (tertiary/aromatic N) is 3. The molecule has 0 radical (unpaired) electrons. The molecule has 1 aromatic carbocycles. The van der Waals surface area contributed by atoms with Crippen molar-refractivity contribution in [2.24, 2.45) is 5.92 Å². The highest BCUT2D eigenvalue weighted by Gasteiger charge is 2.30. The highest BCUT2D eigenvalue weighted by Crippen LogP contribution is 2.26. The molecule has 4 rings (SSSR count). The number of ether oxygens (including phenoxy) is 1. The van der Waals surface area contributed by atoms with Gasteiger partial charge in [0, 0.05) is 30.2 Å². The Morgan fingerprint density at radius 1 is 1.21 bits per heavy atom. The van der Waals surface area contributed by atoms with Crippen molar-refractivity contribution >= 4 is 28.2 Å². The number of piperidine rings is 1. The zero-order chi connectivity index (χ0) is 19.7. The molecule has 3 heterocycles. The number of carbonyl (C=O) groups is 2. The number of hydrogen-bond acceptors (Lipinski definition) is 5. The van der Waals surface area contributed by atoms with Crippen LogP contribution >= 0.6 is 11.3 Å². The van der Waals surface area contributed by atoms with E-state index >= 15 is 0 Å². The van der Waals surface area contributed by atoms with Gasteiger partial charge in [0.25, 0.3) is 5.91 Å². The summed E-state index contributed by atoms with van der Waals surface area (Å²) in [7, 11) is 0. The monoisotopic (exact) mass is 397 g/mol. The van der Waals surface area contributed by atoms with E-state index in [1.54, 1.807) is 0 Å². The summed E-state index contributed by atoms with van der Waals surface area (Å²) in [5, 5.41) is 1.86. The summed E-state index contributed by atoms with van der Waals surface area (Å²) in [5.74, 6) is -0.265. The number of amides is 1. The molecule has 1 aliphatic rings. The Balaban J connectivity index is 1.51. The number of fused-ring (bicyclic) bond motifs is 1. The van der Waals surface area contributed by atoms with Crippen molar-refractivity contribution in [3.05, 3.63) is 47.1 Å². The first-order valence-electron chi connectivity index (χ1n) is 9.56. The predicted molar refractivity (Wildman–Crippen MR) is 109 cm³/mol. The third-order valence-corrected chi connectivity index (χ3v) is 6.02. The van der Waals surface area contributed by atoms with Gasteiger partial charge in [-0.1, -0.05) is 29.8 Å². The van der Waals surface area contributed by atoms with Crippen LogP contribution in [0.1, 0.15) is 35.8 Å². The van der Waals surface area contributed by atoms with Gasteiger partial charge in [0.2, 0.25) is 0 Å². The van der Waals surface area contributed by atoms with E-state index in [0.717, 1.165) is 16.2 Å². The van der Waals surface area contributed by atoms with Crippen LogP contribution in [0.5, 0.6) is 0 Å². The SMILES string of the molecule is CCOC(=O)C1CCN(C(=O)c2csc3nc(-c4ccc(C)cc4)cn23)CC1. The molecule has 0 N–H and O–H groups in total. The molecule has 0 aliphatic carbocycles. The lowest BCUT2D eigenvalue weighted by Crippen LogP contribution is -2.41. The summed E-state index contributed by atoms with van der Waals surface area (Å²) in [5.41, 5.74) is 3.73. The van der Waals surface area contributed by atoms with Crippen LogP contribution in [0.15, 0.2) is 35.8 Å². The van der Waals surface area contributed by atoms with E-state index in [0.29, 0.717) is 38.2 Å². The topological polar surface area (TPSA) is 63.9 Å². The quantitative estimate of drug-likeness (QED) is 0.629. The molecule has 3 aromatic rings. The summed E-state index contributed by atoms with van der Waals surface area (Å²) in [6.45, 7) is 5.40. The standard InChI is InChI=1S/C21H23N3O3S/c1-3-27-20(26)16-8-10-23(11-9-16)19(25)18-13-28-21-22-17(12-24(18)21)15-6-4-14(2)5-7-15/h4-7,12-13,16H,3,8-11H2,1-2H3. The molecule has 0 bridgehead atoms. The average Bonchev–Trinajstić information content (AvgIpc) is 3.29. The van der Waals surface area contributed by atoms with Crippen LogP contribution < -0.4 is 0 Å². The first-order valence-corrected chi connectivity index (χ1v) is 10.4. The Morgan fingerprint density at radius 2 is 1.93 bits per heavy atom. The van der Waals surface area contributed by atoms with Gasteiger partial charge in [-0.3, -0.25) is 14.0 Å². The minimum absolute atomic E-state index is 0.0126. The molecule has 0 saturated carbocycles. The number of carbonyl (C=O) groups excluding carboxylic acids is 2. The number of hydrogen-bond donors (Lipinski definition) is 0. The number of aryl methyl sites for hydroxylation is 1. The summed E-state index contributed by atoms with van der Waals surface area (Å²) in [4.78, 5) is 32.2. The van der Waals surface area contributed by atoms with E-state index in [9.17, 15) is 9.59 Å². The maximum absolute atomic E-state index is 13.0. The van der Waals surface area contributed by atoms with Gasteiger partial charge in [0.15, 0.2) is 4.96 Å². The number of aromatic nitrogens is 2. The van der Waals surface area contributed by atoms with Crippen LogP contribution in [0.2, 0.25) is 0 Å². The van der Waals surface area contributed by atoms with Crippen molar-refractivity contribution in [1.82, 2.24) is 14.3 Å². The van der Waals surface area contributed by atoms with Crippen molar-refractivity contribution in [3.63, 3.8) is 0 Å². The molecule has 6 nitrogen and oxygen atoms in total. The number of thiazole rings is 1. The smallest absolute Gasteiger partial charge is 0.309 e. The van der Waals surface area contributed by atoms with E-state index in [-0.39, 0.29) is 17.8 Å². The Bertz CT molecular complexity index is 998. The van der Waals surface area contributed by atoms with Crippen LogP contribution in [0.3, 0.4) is 0 Å². The predicted octanol–water partition coefficient (Wildman–Crippen LogP) is 3.79. The van der Waals surface area contributed by atoms with Gasteiger partial charge < -0.3 is 9.64 Å². The van der Waals surface area contributed by atoms with Crippen molar-refractivity contribution in [2.45, 2.75) is 26.7 Å². The Morgan fingerprint density at radius 3 is 2.61 bits per heavy atom. The number of benzene rings is 1. The molecule has 1 saturated heterocycles. The summed E-state index contributed by atoms with van der Waals surface area (Å²) < 4.78 is 6.98. The number of esters is 1. The summed E-state index contributed by atoms with van der Waals surface area (Å²) in [6.07, 6.45) is 3.22. The zero-order valence-electron chi connectivity index (χ0n) is 16.1. The van der Waals surface area contributed by atoms with Crippen LogP contribution in [-0.2, 0) is 9.53 Å². The van der Waals surface area contributed by atoms with E-state index in [1.165, 1.54) is 16.9 Å². The van der Waals surface area contributed by atoms with Gasteiger partial charge in [0.1, 0.15) is 5.69 Å². The van der Waals surface area contributed by atoms with Gasteiger partial charge in [-0.15, -0.1) is 11.3 Å². The third kappa shape index (κ3) is 3.54. The van der Waals surface area contributed by atoms with Gasteiger partial charge in [-0.2, -0.15) is 0 Å². The highest BCUT2D eigenvalue weighted by atomic mass is 32.1. The maximum atomic E-state index is 13.0. The Labute approximate surface area is 167 Å². The van der Waals surface area contributed by atoms with Gasteiger partial charge in [0.05, 0.1) is 18.2 Å². The van der Waals surface area contributed by atoms with E-state index in [4.69, 9.17) is 4.74 Å². The summed E-state index contributed by atoms with van der Waals surface area (Å²) >= 11 is 1.47. The minimum Gasteiger partial charge on any atom is -0.466 e. The molecule has 1 fully saturated rings. The highest BCUT2D eigenvalue weighted by molar-refractivity contribution is 7.15. The van der Waals surface area contributed by atoms with Crippen molar-refractivity contribution in [2.75, 3.05) is 19.7 Å². The van der Waals surface area contributed by atoms with E-state index in [2.05, 4.69) is 24.0 Å². The fraction of sp³-hybridized carbons (Fsp3) is 0.381. The van der Waals surface area contributed by atoms with Crippen molar-refractivity contribution in [1.29, 1.82) is 0 Å². The van der Waals surface area contributed by atoms with Crippen LogP contribution in [0, 0.1) is 12.8 Å². The third-order valence-electron chi connectivity index (χ3n) is 5.18. The largest absolute Gasteiger partial charge is 0.466 e. The maximum Gasteiger partial charge on any atom is 0.309 e. The number of rotatable bonds is 4. The average molecular weight is 398 g/mol. The van der Waals surface area contributed by atoms with Gasteiger partial charge in [-0.25, -0.2) is 4.98 Å². The first-order chi connectivity index (χ1) is 13.6. The second-order valence-electron chi connectivity index (χ2n) is 7.08. The fourth-order valence-corrected chi connectivity index (χ4v) is 4.39. The van der Waals surface area contributed by atoms with Crippen LogP contribution in [-0.4, -0.2) is 45.9 Å². The molecular weight excluding hydrogens is 374 g/mol. The molecule has 0 atom stereocenters. The minimum atomic E-state index is -0.148. The van der Waals surface area contributed by atoms with Crippen molar-refractivity contribution in [3.8, 4) is 11.3 Å². The first kappa shape index (κ1) is 18.7. The lowest BCUT2D eigenvalue weighted by molar-refractivity contribution is -0.149. The van der Waals surface area contributed by atoms with Crippen molar-refractivity contribution < 1.29 is 14.3 Å². The molecule has 1 amide bonds. The normalized spacial score (nSPS) is 15.1. The Hall–Kier alpha value is -2.67. The Kier molecular flexibility index (Phi) is 5.17. The van der Waals surface area contributed by atoms with Gasteiger partial charge >= 0.3 is 5.97 Å². The molecule has 2 aromatic heterocycles. The van der Waals surface area contributed by atoms with E-state index in [1.807, 2.05) is 39.9 Å². The molecule has 0 unspecified atom stereocenters. The van der Waals surface area contributed by atoms with Gasteiger partial charge in [-0.05, 0) is 26.7 Å². The lowest BCUT2D eigenvalue weighted by Gasteiger charge is -2.30. The second kappa shape index (κ2) is 7.75. The molecular formula is C21H23N3O3S. The number of likely N-dealkylation sites (tertiary alicyclic amines) is 1. The molecule has 1 aliphatic heterocycles. The lowest BCUT2D eigenvalue weighted by atomic mass is 9.97. The van der Waals surface area contributed by atoms with Crippen LogP contribution in [0.4, 0.5) is 0 Å². The van der Waals surface area contributed by atoms with E-state index < -0.39 is 0 Å². The second-order valence-corrected chi connectivity index (χ2v) is 7.92. The molecule has 146 valence electrons. The zero-order valence-corrected chi connectivity index (χ0v) is 16.9.